The van der Waals surface area contributed by atoms with Crippen molar-refractivity contribution in [3.05, 3.63) is 65.7 Å². The summed E-state index contributed by atoms with van der Waals surface area (Å²) in [7, 11) is 1.67. The first kappa shape index (κ1) is 17.4. The largest absolute Gasteiger partial charge is 0.380 e. The minimum Gasteiger partial charge on any atom is -0.380 e. The molecule has 6 heteroatoms. The van der Waals surface area contributed by atoms with Gasteiger partial charge in [0.15, 0.2) is 11.6 Å². The zero-order valence-electron chi connectivity index (χ0n) is 14.1. The average molecular weight is 353 g/mol. The summed E-state index contributed by atoms with van der Waals surface area (Å²) in [6.45, 7) is 2.45. The Morgan fingerprint density at radius 3 is 2.56 bits per heavy atom. The highest BCUT2D eigenvalue weighted by Gasteiger charge is 2.18. The fourth-order valence-corrected chi connectivity index (χ4v) is 3.20. The van der Waals surface area contributed by atoms with Gasteiger partial charge in [0.05, 0.1) is 11.9 Å². The van der Waals surface area contributed by atoms with Crippen LogP contribution in [0.1, 0.15) is 22.8 Å². The summed E-state index contributed by atoms with van der Waals surface area (Å²) in [5.74, 6) is 0.756. The molecule has 3 rings (SSSR count). The number of hydrogen-bond acceptors (Lipinski definition) is 5. The van der Waals surface area contributed by atoms with Crippen molar-refractivity contribution < 1.29 is 9.53 Å². The number of aromatic amines is 1. The van der Waals surface area contributed by atoms with Crippen molar-refractivity contribution in [3.63, 3.8) is 0 Å². The van der Waals surface area contributed by atoms with Crippen molar-refractivity contribution in [3.8, 4) is 11.4 Å². The Bertz CT molecular complexity index is 831. The number of carbonyl (C=O) groups excluding carboxylic acids is 1. The van der Waals surface area contributed by atoms with E-state index in [0.717, 1.165) is 11.1 Å². The number of methoxy groups -OCH3 is 1. The van der Waals surface area contributed by atoms with E-state index < -0.39 is 0 Å². The summed E-state index contributed by atoms with van der Waals surface area (Å²) in [4.78, 5) is 16.9. The number of Topliss-reactive ketones (excluding diaryl/α,β-unsaturated/α-hetero) is 1. The second-order valence-corrected chi connectivity index (χ2v) is 6.89. The molecule has 0 saturated heterocycles. The lowest BCUT2D eigenvalue weighted by Crippen LogP contribution is -2.13. The van der Waals surface area contributed by atoms with Crippen molar-refractivity contribution in [1.29, 1.82) is 0 Å². The van der Waals surface area contributed by atoms with E-state index in [4.69, 9.17) is 4.74 Å². The first-order valence-electron chi connectivity index (χ1n) is 7.94. The van der Waals surface area contributed by atoms with Gasteiger partial charge in [-0.05, 0) is 12.5 Å². The van der Waals surface area contributed by atoms with Gasteiger partial charge < -0.3 is 4.74 Å². The standard InChI is InChI=1S/C19H19N3O2S/c1-13(17(23)15-6-4-3-5-7-15)25-19-20-18(21-22-19)16-10-8-14(9-11-16)12-24-2/h3-11,13H,12H2,1-2H3,(H,20,21,22). The Labute approximate surface area is 150 Å². The van der Waals surface area contributed by atoms with Gasteiger partial charge in [-0.1, -0.05) is 66.4 Å². The highest BCUT2D eigenvalue weighted by Crippen LogP contribution is 2.25. The van der Waals surface area contributed by atoms with Crippen LogP contribution < -0.4 is 0 Å². The number of thioether (sulfide) groups is 1. The van der Waals surface area contributed by atoms with E-state index in [1.165, 1.54) is 11.8 Å². The Hall–Kier alpha value is -2.44. The number of benzene rings is 2. The van der Waals surface area contributed by atoms with E-state index in [0.29, 0.717) is 23.2 Å². The summed E-state index contributed by atoms with van der Waals surface area (Å²) in [6.07, 6.45) is 0. The molecule has 1 unspecified atom stereocenters. The van der Waals surface area contributed by atoms with Crippen molar-refractivity contribution in [2.75, 3.05) is 7.11 Å². The van der Waals surface area contributed by atoms with Crippen molar-refractivity contribution in [1.82, 2.24) is 15.2 Å². The van der Waals surface area contributed by atoms with Crippen LogP contribution >= 0.6 is 11.8 Å². The van der Waals surface area contributed by atoms with Crippen LogP contribution in [0.5, 0.6) is 0 Å². The minimum atomic E-state index is -0.255. The van der Waals surface area contributed by atoms with Crippen LogP contribution in [-0.2, 0) is 11.3 Å². The van der Waals surface area contributed by atoms with Gasteiger partial charge in [0.2, 0.25) is 5.16 Å². The molecule has 1 N–H and O–H groups in total. The van der Waals surface area contributed by atoms with E-state index in [1.807, 2.05) is 61.5 Å². The summed E-state index contributed by atoms with van der Waals surface area (Å²) in [6, 6.07) is 17.2. The van der Waals surface area contributed by atoms with Gasteiger partial charge >= 0.3 is 0 Å². The Balaban J connectivity index is 1.68. The third-order valence-electron chi connectivity index (χ3n) is 3.71. The lowest BCUT2D eigenvalue weighted by molar-refractivity contribution is 0.0994. The lowest BCUT2D eigenvalue weighted by atomic mass is 10.1. The average Bonchev–Trinajstić information content (AvgIpc) is 3.11. The van der Waals surface area contributed by atoms with Crippen LogP contribution in [0, 0.1) is 0 Å². The van der Waals surface area contributed by atoms with Crippen LogP contribution in [0.15, 0.2) is 59.8 Å². The number of nitrogens with one attached hydrogen (secondary N) is 1. The Morgan fingerprint density at radius 2 is 1.88 bits per heavy atom. The molecule has 0 bridgehead atoms. The van der Waals surface area contributed by atoms with Crippen LogP contribution in [-0.4, -0.2) is 33.3 Å². The second kappa shape index (κ2) is 8.09. The highest BCUT2D eigenvalue weighted by atomic mass is 32.2. The number of hydrogen-bond donors (Lipinski definition) is 1. The normalized spacial score (nSPS) is 12.1. The zero-order chi connectivity index (χ0) is 17.6. The first-order chi connectivity index (χ1) is 12.2. The third-order valence-corrected chi connectivity index (χ3v) is 4.67. The maximum Gasteiger partial charge on any atom is 0.209 e. The van der Waals surface area contributed by atoms with E-state index in [2.05, 4.69) is 15.2 Å². The van der Waals surface area contributed by atoms with Gasteiger partial charge in [-0.3, -0.25) is 9.89 Å². The van der Waals surface area contributed by atoms with Crippen molar-refractivity contribution >= 4 is 17.5 Å². The summed E-state index contributed by atoms with van der Waals surface area (Å²) in [5.41, 5.74) is 2.75. The number of nitrogens with zero attached hydrogens (tertiary/aromatic N) is 2. The molecule has 0 amide bonds. The maximum atomic E-state index is 12.4. The minimum absolute atomic E-state index is 0.0702. The SMILES string of the molecule is COCc1ccc(-c2nc(SC(C)C(=O)c3ccccc3)n[nH]2)cc1. The van der Waals surface area contributed by atoms with Gasteiger partial charge in [0.25, 0.3) is 0 Å². The molecule has 128 valence electrons. The summed E-state index contributed by atoms with van der Waals surface area (Å²) in [5, 5.41) is 7.46. The molecule has 0 spiro atoms. The molecular weight excluding hydrogens is 334 g/mol. The van der Waals surface area contributed by atoms with E-state index in [9.17, 15) is 4.79 Å². The van der Waals surface area contributed by atoms with Gasteiger partial charge in [-0.15, -0.1) is 5.10 Å². The molecule has 1 atom stereocenters. The predicted octanol–water partition coefficient (Wildman–Crippen LogP) is 3.98. The zero-order valence-corrected chi connectivity index (χ0v) is 14.9. The van der Waals surface area contributed by atoms with Crippen LogP contribution in [0.25, 0.3) is 11.4 Å². The van der Waals surface area contributed by atoms with Crippen LogP contribution in [0.2, 0.25) is 0 Å². The molecule has 3 aromatic rings. The van der Waals surface area contributed by atoms with E-state index in [1.54, 1.807) is 7.11 Å². The molecule has 0 aliphatic carbocycles. The van der Waals surface area contributed by atoms with Gasteiger partial charge in [-0.2, -0.15) is 0 Å². The summed E-state index contributed by atoms with van der Waals surface area (Å²) >= 11 is 1.35. The lowest BCUT2D eigenvalue weighted by Gasteiger charge is -2.07. The van der Waals surface area contributed by atoms with Gasteiger partial charge in [0.1, 0.15) is 0 Å². The number of carbonyl (C=O) groups is 1. The molecule has 0 radical (unpaired) electrons. The molecule has 5 nitrogen and oxygen atoms in total. The fraction of sp³-hybridized carbons (Fsp3) is 0.211. The van der Waals surface area contributed by atoms with Crippen molar-refractivity contribution in [2.45, 2.75) is 23.9 Å². The number of ketones is 1. The molecule has 0 fully saturated rings. The van der Waals surface area contributed by atoms with Crippen LogP contribution in [0.4, 0.5) is 0 Å². The number of aromatic nitrogens is 3. The molecule has 0 saturated carbocycles. The Kier molecular flexibility index (Phi) is 5.63. The topological polar surface area (TPSA) is 67.9 Å². The molecule has 1 aromatic heterocycles. The molecular formula is C19H19N3O2S. The first-order valence-corrected chi connectivity index (χ1v) is 8.82. The number of rotatable bonds is 7. The predicted molar refractivity (Wildman–Crippen MR) is 98.6 cm³/mol. The maximum absolute atomic E-state index is 12.4. The number of ether oxygens (including phenoxy) is 1. The van der Waals surface area contributed by atoms with Crippen LogP contribution in [0.3, 0.4) is 0 Å². The quantitative estimate of drug-likeness (QED) is 0.514. The Morgan fingerprint density at radius 1 is 1.16 bits per heavy atom. The van der Waals surface area contributed by atoms with Crippen molar-refractivity contribution in [2.24, 2.45) is 0 Å². The van der Waals surface area contributed by atoms with Gasteiger partial charge in [0, 0.05) is 18.2 Å². The molecule has 0 aliphatic heterocycles. The highest BCUT2D eigenvalue weighted by molar-refractivity contribution is 8.00. The fourth-order valence-electron chi connectivity index (χ4n) is 2.40. The summed E-state index contributed by atoms with van der Waals surface area (Å²) < 4.78 is 5.11. The smallest absolute Gasteiger partial charge is 0.209 e. The molecule has 2 aromatic carbocycles. The van der Waals surface area contributed by atoms with Gasteiger partial charge in [-0.25, -0.2) is 4.98 Å². The monoisotopic (exact) mass is 353 g/mol. The second-order valence-electron chi connectivity index (χ2n) is 5.59. The van der Waals surface area contributed by atoms with E-state index in [-0.39, 0.29) is 11.0 Å². The number of H-pyrrole nitrogens is 1. The third kappa shape index (κ3) is 4.35. The van der Waals surface area contributed by atoms with E-state index >= 15 is 0 Å². The molecule has 1 heterocycles. The molecule has 0 aliphatic rings. The molecule has 25 heavy (non-hydrogen) atoms.